The maximum absolute atomic E-state index is 5.06. The molecule has 0 N–H and O–H groups in total. The SMILES string of the molecule is CCOC1CCO1. The summed E-state index contributed by atoms with van der Waals surface area (Å²) in [7, 11) is 0. The van der Waals surface area contributed by atoms with E-state index >= 15 is 0 Å². The smallest absolute Gasteiger partial charge is 0.159 e. The van der Waals surface area contributed by atoms with Crippen molar-refractivity contribution in [1.29, 1.82) is 0 Å². The molecule has 0 aromatic heterocycles. The highest BCUT2D eigenvalue weighted by molar-refractivity contribution is 4.52. The van der Waals surface area contributed by atoms with E-state index in [1.165, 1.54) is 0 Å². The van der Waals surface area contributed by atoms with E-state index < -0.39 is 0 Å². The van der Waals surface area contributed by atoms with Gasteiger partial charge in [-0.3, -0.25) is 0 Å². The van der Waals surface area contributed by atoms with E-state index in [4.69, 9.17) is 9.47 Å². The van der Waals surface area contributed by atoms with Crippen molar-refractivity contribution in [3.05, 3.63) is 0 Å². The zero-order chi connectivity index (χ0) is 5.11. The molecule has 1 aliphatic rings. The molecular weight excluding hydrogens is 92.1 g/mol. The standard InChI is InChI=1S/C5H10O2/c1-2-6-5-3-4-7-5/h5H,2-4H2,1H3. The summed E-state index contributed by atoms with van der Waals surface area (Å²) in [6.45, 7) is 3.62. The van der Waals surface area contributed by atoms with Crippen LogP contribution < -0.4 is 0 Å². The number of hydrogen-bond donors (Lipinski definition) is 0. The average molecular weight is 102 g/mol. The van der Waals surface area contributed by atoms with Gasteiger partial charge in [-0.1, -0.05) is 0 Å². The van der Waals surface area contributed by atoms with Crippen LogP contribution in [0.4, 0.5) is 0 Å². The molecule has 1 unspecified atom stereocenters. The van der Waals surface area contributed by atoms with Crippen LogP contribution >= 0.6 is 0 Å². The van der Waals surface area contributed by atoms with Gasteiger partial charge >= 0.3 is 0 Å². The molecule has 0 saturated carbocycles. The fourth-order valence-corrected chi connectivity index (χ4v) is 0.531. The molecule has 0 amide bonds. The molecule has 2 nitrogen and oxygen atoms in total. The van der Waals surface area contributed by atoms with Gasteiger partial charge in [0, 0.05) is 13.0 Å². The third-order valence-electron chi connectivity index (χ3n) is 1.01. The molecule has 0 aliphatic carbocycles. The fourth-order valence-electron chi connectivity index (χ4n) is 0.531. The minimum absolute atomic E-state index is 0.130. The van der Waals surface area contributed by atoms with Crippen LogP contribution in [0.1, 0.15) is 13.3 Å². The van der Waals surface area contributed by atoms with Crippen LogP contribution in [-0.4, -0.2) is 19.5 Å². The normalized spacial score (nSPS) is 29.6. The summed E-state index contributed by atoms with van der Waals surface area (Å²) in [4.78, 5) is 0. The first-order chi connectivity index (χ1) is 3.43. The van der Waals surface area contributed by atoms with E-state index in [-0.39, 0.29) is 6.29 Å². The fraction of sp³-hybridized carbons (Fsp3) is 1.00. The van der Waals surface area contributed by atoms with E-state index in [1.807, 2.05) is 6.92 Å². The molecule has 0 radical (unpaired) electrons. The van der Waals surface area contributed by atoms with E-state index in [2.05, 4.69) is 0 Å². The van der Waals surface area contributed by atoms with Crippen LogP contribution in [0.15, 0.2) is 0 Å². The van der Waals surface area contributed by atoms with Crippen molar-refractivity contribution in [2.24, 2.45) is 0 Å². The second-order valence-electron chi connectivity index (χ2n) is 1.54. The van der Waals surface area contributed by atoms with Gasteiger partial charge in [-0.05, 0) is 6.92 Å². The Bertz CT molecular complexity index is 50.0. The Hall–Kier alpha value is -0.0800. The summed E-state index contributed by atoms with van der Waals surface area (Å²) in [6.07, 6.45) is 1.21. The summed E-state index contributed by atoms with van der Waals surface area (Å²) in [5.74, 6) is 0. The van der Waals surface area contributed by atoms with Gasteiger partial charge in [0.25, 0.3) is 0 Å². The second kappa shape index (κ2) is 2.28. The lowest BCUT2D eigenvalue weighted by Crippen LogP contribution is -2.29. The molecule has 1 aliphatic heterocycles. The maximum Gasteiger partial charge on any atom is 0.159 e. The Labute approximate surface area is 43.4 Å². The zero-order valence-electron chi connectivity index (χ0n) is 4.52. The van der Waals surface area contributed by atoms with Crippen molar-refractivity contribution in [2.45, 2.75) is 19.6 Å². The molecule has 7 heavy (non-hydrogen) atoms. The average Bonchev–Trinajstić information content (AvgIpc) is 1.55. The number of ether oxygens (including phenoxy) is 2. The highest BCUT2D eigenvalue weighted by Crippen LogP contribution is 2.10. The van der Waals surface area contributed by atoms with Crippen LogP contribution in [0.3, 0.4) is 0 Å². The van der Waals surface area contributed by atoms with Crippen LogP contribution in [0, 0.1) is 0 Å². The molecule has 2 heteroatoms. The Morgan fingerprint density at radius 3 is 2.71 bits per heavy atom. The summed E-state index contributed by atoms with van der Waals surface area (Å²) in [5, 5.41) is 0. The first-order valence-corrected chi connectivity index (χ1v) is 2.66. The predicted octanol–water partition coefficient (Wildman–Crippen LogP) is 0.769. The molecule has 1 rings (SSSR count). The van der Waals surface area contributed by atoms with Crippen LogP contribution in [0.5, 0.6) is 0 Å². The topological polar surface area (TPSA) is 18.5 Å². The van der Waals surface area contributed by atoms with Crippen LogP contribution in [0.25, 0.3) is 0 Å². The minimum atomic E-state index is 0.130. The Balaban J connectivity index is 1.93. The van der Waals surface area contributed by atoms with Crippen LogP contribution in [-0.2, 0) is 9.47 Å². The van der Waals surface area contributed by atoms with E-state index in [1.54, 1.807) is 0 Å². The van der Waals surface area contributed by atoms with Crippen molar-refractivity contribution in [1.82, 2.24) is 0 Å². The largest absolute Gasteiger partial charge is 0.353 e. The van der Waals surface area contributed by atoms with Gasteiger partial charge in [0.15, 0.2) is 6.29 Å². The van der Waals surface area contributed by atoms with Gasteiger partial charge in [-0.2, -0.15) is 0 Å². The minimum Gasteiger partial charge on any atom is -0.353 e. The van der Waals surface area contributed by atoms with E-state index in [0.717, 1.165) is 19.6 Å². The third kappa shape index (κ3) is 1.14. The number of rotatable bonds is 2. The Morgan fingerprint density at radius 1 is 1.86 bits per heavy atom. The lowest BCUT2D eigenvalue weighted by Gasteiger charge is -2.25. The Morgan fingerprint density at radius 2 is 2.57 bits per heavy atom. The van der Waals surface area contributed by atoms with Gasteiger partial charge in [-0.25, -0.2) is 0 Å². The van der Waals surface area contributed by atoms with E-state index in [9.17, 15) is 0 Å². The Kier molecular flexibility index (Phi) is 1.65. The van der Waals surface area contributed by atoms with Gasteiger partial charge in [-0.15, -0.1) is 0 Å². The summed E-state index contributed by atoms with van der Waals surface area (Å²) in [6, 6.07) is 0. The van der Waals surface area contributed by atoms with Gasteiger partial charge in [0.2, 0.25) is 0 Å². The van der Waals surface area contributed by atoms with Crippen molar-refractivity contribution in [3.63, 3.8) is 0 Å². The van der Waals surface area contributed by atoms with Crippen molar-refractivity contribution in [2.75, 3.05) is 13.2 Å². The maximum atomic E-state index is 5.06. The molecule has 1 fully saturated rings. The molecule has 0 spiro atoms. The monoisotopic (exact) mass is 102 g/mol. The molecular formula is C5H10O2. The molecule has 0 aromatic carbocycles. The highest BCUT2D eigenvalue weighted by Gasteiger charge is 2.16. The second-order valence-corrected chi connectivity index (χ2v) is 1.54. The van der Waals surface area contributed by atoms with Crippen molar-refractivity contribution >= 4 is 0 Å². The first kappa shape index (κ1) is 5.06. The molecule has 0 bridgehead atoms. The van der Waals surface area contributed by atoms with Crippen LogP contribution in [0.2, 0.25) is 0 Å². The lowest BCUT2D eigenvalue weighted by molar-refractivity contribution is -0.212. The number of hydrogen-bond acceptors (Lipinski definition) is 2. The molecule has 1 saturated heterocycles. The summed E-state index contributed by atoms with van der Waals surface area (Å²) < 4.78 is 10.0. The third-order valence-corrected chi connectivity index (χ3v) is 1.01. The summed E-state index contributed by atoms with van der Waals surface area (Å²) >= 11 is 0. The van der Waals surface area contributed by atoms with Gasteiger partial charge < -0.3 is 9.47 Å². The van der Waals surface area contributed by atoms with Crippen molar-refractivity contribution in [3.8, 4) is 0 Å². The summed E-state index contributed by atoms with van der Waals surface area (Å²) in [5.41, 5.74) is 0. The predicted molar refractivity (Wildman–Crippen MR) is 26.0 cm³/mol. The molecule has 1 heterocycles. The first-order valence-electron chi connectivity index (χ1n) is 2.66. The van der Waals surface area contributed by atoms with Gasteiger partial charge in [0.1, 0.15) is 0 Å². The quantitative estimate of drug-likeness (QED) is 0.512. The van der Waals surface area contributed by atoms with Crippen molar-refractivity contribution < 1.29 is 9.47 Å². The van der Waals surface area contributed by atoms with E-state index in [0.29, 0.717) is 0 Å². The lowest BCUT2D eigenvalue weighted by atomic mass is 10.3. The molecule has 0 aromatic rings. The highest BCUT2D eigenvalue weighted by atomic mass is 16.7. The zero-order valence-corrected chi connectivity index (χ0v) is 4.52. The molecule has 42 valence electrons. The van der Waals surface area contributed by atoms with Gasteiger partial charge in [0.05, 0.1) is 6.61 Å². The molecule has 1 atom stereocenters.